The Labute approximate surface area is 189 Å². The van der Waals surface area contributed by atoms with Crippen molar-refractivity contribution in [3.05, 3.63) is 60.2 Å². The van der Waals surface area contributed by atoms with Gasteiger partial charge in [0.1, 0.15) is 17.3 Å². The van der Waals surface area contributed by atoms with Gasteiger partial charge in [-0.1, -0.05) is 0 Å². The monoisotopic (exact) mass is 472 g/mol. The summed E-state index contributed by atoms with van der Waals surface area (Å²) in [6, 6.07) is 3.95. The van der Waals surface area contributed by atoms with Crippen molar-refractivity contribution >= 4 is 21.2 Å². The Morgan fingerprint density at radius 1 is 1.00 bits per heavy atom. The summed E-state index contributed by atoms with van der Waals surface area (Å²) in [6.45, 7) is 3.71. The normalized spacial score (nSPS) is 16.0. The van der Waals surface area contributed by atoms with Gasteiger partial charge in [-0.25, -0.2) is 13.8 Å². The van der Waals surface area contributed by atoms with E-state index in [-0.39, 0.29) is 0 Å². The molecule has 11 heteroatoms. The Bertz CT molecular complexity index is 1460. The SMILES string of the molecule is Cc1c(F)cc(F)cc1-c1c[nH]c2ncc(-c3cnn(S(=O)(=O)N4CCN(C)CC4)c3)cc12. The van der Waals surface area contributed by atoms with Crippen LogP contribution in [0.5, 0.6) is 0 Å². The second-order valence-electron chi connectivity index (χ2n) is 8.19. The smallest absolute Gasteiger partial charge is 0.323 e. The molecule has 1 N–H and O–H groups in total. The molecule has 1 aromatic carbocycles. The van der Waals surface area contributed by atoms with E-state index in [4.69, 9.17) is 0 Å². The number of rotatable bonds is 4. The van der Waals surface area contributed by atoms with Gasteiger partial charge in [0.05, 0.1) is 12.4 Å². The molecule has 0 bridgehead atoms. The lowest BCUT2D eigenvalue weighted by Gasteiger charge is -2.31. The number of hydrogen-bond acceptors (Lipinski definition) is 5. The molecular formula is C22H22F2N6O2S. The Hall–Kier alpha value is -3.15. The molecule has 1 saturated heterocycles. The summed E-state index contributed by atoms with van der Waals surface area (Å²) in [5, 5.41) is 4.75. The van der Waals surface area contributed by atoms with E-state index in [0.29, 0.717) is 65.0 Å². The summed E-state index contributed by atoms with van der Waals surface area (Å²) in [4.78, 5) is 9.50. The van der Waals surface area contributed by atoms with Crippen LogP contribution in [0, 0.1) is 18.6 Å². The Morgan fingerprint density at radius 3 is 2.52 bits per heavy atom. The molecule has 0 aliphatic carbocycles. The molecular weight excluding hydrogens is 450 g/mol. The molecule has 1 fully saturated rings. The molecule has 0 saturated carbocycles. The van der Waals surface area contributed by atoms with E-state index in [1.54, 1.807) is 25.4 Å². The second kappa shape index (κ2) is 8.01. The predicted molar refractivity (Wildman–Crippen MR) is 121 cm³/mol. The standard InChI is InChI=1S/C22H22F2N6O2S/c1-14-18(8-17(23)9-21(14)24)20-12-26-22-19(20)7-15(10-25-22)16-11-27-30(13-16)33(31,32)29-5-3-28(2)4-6-29/h7-13H,3-6H2,1-2H3,(H,25,26). The largest absolute Gasteiger partial charge is 0.346 e. The number of hydrogen-bond donors (Lipinski definition) is 1. The fourth-order valence-corrected chi connectivity index (χ4v) is 5.30. The van der Waals surface area contributed by atoms with E-state index < -0.39 is 21.8 Å². The zero-order valence-electron chi connectivity index (χ0n) is 18.1. The van der Waals surface area contributed by atoms with Crippen molar-refractivity contribution in [2.24, 2.45) is 0 Å². The maximum Gasteiger partial charge on any atom is 0.323 e. The van der Waals surface area contributed by atoms with Crippen LogP contribution in [-0.4, -0.2) is 70.0 Å². The summed E-state index contributed by atoms with van der Waals surface area (Å²) in [6.07, 6.45) is 6.18. The number of aromatic amines is 1. The Kier molecular flexibility index (Phi) is 5.26. The van der Waals surface area contributed by atoms with Gasteiger partial charge in [-0.05, 0) is 37.2 Å². The van der Waals surface area contributed by atoms with E-state index in [0.717, 1.165) is 10.2 Å². The number of aromatic nitrogens is 4. The molecule has 0 spiro atoms. The van der Waals surface area contributed by atoms with Gasteiger partial charge in [-0.2, -0.15) is 21.9 Å². The summed E-state index contributed by atoms with van der Waals surface area (Å²) in [5.41, 5.74) is 3.11. The molecule has 1 aliphatic rings. The minimum absolute atomic E-state index is 0.328. The van der Waals surface area contributed by atoms with Crippen LogP contribution in [0.3, 0.4) is 0 Å². The highest BCUT2D eigenvalue weighted by atomic mass is 32.2. The lowest BCUT2D eigenvalue weighted by molar-refractivity contribution is 0.220. The minimum atomic E-state index is -3.77. The van der Waals surface area contributed by atoms with Gasteiger partial charge in [0.15, 0.2) is 0 Å². The molecule has 4 heterocycles. The van der Waals surface area contributed by atoms with Crippen LogP contribution in [0.1, 0.15) is 5.56 Å². The maximum absolute atomic E-state index is 14.1. The quantitative estimate of drug-likeness (QED) is 0.494. The number of nitrogens with one attached hydrogen (secondary N) is 1. The number of fused-ring (bicyclic) bond motifs is 1. The molecule has 0 amide bonds. The van der Waals surface area contributed by atoms with Gasteiger partial charge in [-0.3, -0.25) is 0 Å². The first-order valence-electron chi connectivity index (χ1n) is 10.4. The first-order chi connectivity index (χ1) is 15.7. The minimum Gasteiger partial charge on any atom is -0.346 e. The zero-order chi connectivity index (χ0) is 23.3. The summed E-state index contributed by atoms with van der Waals surface area (Å²) in [7, 11) is -1.82. The summed E-state index contributed by atoms with van der Waals surface area (Å²) in [5.74, 6) is -1.29. The highest BCUT2D eigenvalue weighted by Gasteiger charge is 2.28. The molecule has 8 nitrogen and oxygen atoms in total. The maximum atomic E-state index is 14.1. The molecule has 1 aliphatic heterocycles. The number of H-pyrrole nitrogens is 1. The lowest BCUT2D eigenvalue weighted by Crippen LogP contribution is -2.48. The molecule has 5 rings (SSSR count). The van der Waals surface area contributed by atoms with Crippen molar-refractivity contribution in [2.75, 3.05) is 33.2 Å². The fraction of sp³-hybridized carbons (Fsp3) is 0.273. The Morgan fingerprint density at radius 2 is 1.76 bits per heavy atom. The topological polar surface area (TPSA) is 87.1 Å². The van der Waals surface area contributed by atoms with E-state index in [2.05, 4.69) is 20.0 Å². The van der Waals surface area contributed by atoms with Crippen molar-refractivity contribution in [1.82, 2.24) is 28.4 Å². The molecule has 4 aromatic rings. The zero-order valence-corrected chi connectivity index (χ0v) is 18.9. The molecule has 0 radical (unpaired) electrons. The van der Waals surface area contributed by atoms with Crippen molar-refractivity contribution < 1.29 is 17.2 Å². The van der Waals surface area contributed by atoms with Crippen LogP contribution in [-0.2, 0) is 10.2 Å². The fourth-order valence-electron chi connectivity index (χ4n) is 4.03. The Balaban J connectivity index is 1.52. The van der Waals surface area contributed by atoms with Crippen LogP contribution in [0.15, 0.2) is 43.0 Å². The van der Waals surface area contributed by atoms with E-state index >= 15 is 0 Å². The van der Waals surface area contributed by atoms with E-state index in [1.807, 2.05) is 7.05 Å². The highest BCUT2D eigenvalue weighted by Crippen LogP contribution is 2.34. The van der Waals surface area contributed by atoms with Gasteiger partial charge >= 0.3 is 10.2 Å². The highest BCUT2D eigenvalue weighted by molar-refractivity contribution is 7.87. The van der Waals surface area contributed by atoms with Crippen molar-refractivity contribution in [3.63, 3.8) is 0 Å². The van der Waals surface area contributed by atoms with Crippen molar-refractivity contribution in [1.29, 1.82) is 0 Å². The first-order valence-corrected chi connectivity index (χ1v) is 11.8. The average molecular weight is 473 g/mol. The molecule has 33 heavy (non-hydrogen) atoms. The molecule has 3 aromatic heterocycles. The number of likely N-dealkylation sites (N-methyl/N-ethyl adjacent to an activating group) is 1. The molecule has 0 atom stereocenters. The summed E-state index contributed by atoms with van der Waals surface area (Å²) < 4.78 is 56.3. The van der Waals surface area contributed by atoms with Gasteiger partial charge in [0, 0.05) is 66.7 Å². The number of nitrogens with zero attached hydrogens (tertiary/aromatic N) is 5. The van der Waals surface area contributed by atoms with Gasteiger partial charge in [0.25, 0.3) is 0 Å². The van der Waals surface area contributed by atoms with E-state index in [9.17, 15) is 17.2 Å². The van der Waals surface area contributed by atoms with Gasteiger partial charge in [-0.15, -0.1) is 0 Å². The third-order valence-electron chi connectivity index (χ3n) is 6.05. The number of benzene rings is 1. The van der Waals surface area contributed by atoms with Gasteiger partial charge in [0.2, 0.25) is 0 Å². The summed E-state index contributed by atoms with van der Waals surface area (Å²) >= 11 is 0. The van der Waals surface area contributed by atoms with Crippen LogP contribution in [0.4, 0.5) is 8.78 Å². The van der Waals surface area contributed by atoms with Crippen molar-refractivity contribution in [3.8, 4) is 22.3 Å². The number of piperazine rings is 1. The van der Waals surface area contributed by atoms with Crippen LogP contribution in [0.2, 0.25) is 0 Å². The molecule has 0 unspecified atom stereocenters. The third-order valence-corrected chi connectivity index (χ3v) is 7.74. The first kappa shape index (κ1) is 21.7. The number of halogens is 2. The van der Waals surface area contributed by atoms with E-state index in [1.165, 1.54) is 22.8 Å². The third kappa shape index (κ3) is 3.81. The lowest BCUT2D eigenvalue weighted by atomic mass is 9.99. The predicted octanol–water partition coefficient (Wildman–Crippen LogP) is 3.02. The molecule has 172 valence electrons. The second-order valence-corrected chi connectivity index (χ2v) is 9.98. The van der Waals surface area contributed by atoms with Gasteiger partial charge < -0.3 is 9.88 Å². The van der Waals surface area contributed by atoms with Crippen LogP contribution in [0.25, 0.3) is 33.3 Å². The van der Waals surface area contributed by atoms with Crippen LogP contribution < -0.4 is 0 Å². The van der Waals surface area contributed by atoms with Crippen LogP contribution >= 0.6 is 0 Å². The van der Waals surface area contributed by atoms with Crippen molar-refractivity contribution in [2.45, 2.75) is 6.92 Å². The number of pyridine rings is 1. The average Bonchev–Trinajstić information content (AvgIpc) is 3.44.